The van der Waals surface area contributed by atoms with Crippen LogP contribution in [-0.2, 0) is 12.6 Å². The number of hydrogen-bond acceptors (Lipinski definition) is 2. The fourth-order valence-electron chi connectivity index (χ4n) is 2.08. The van der Waals surface area contributed by atoms with Crippen LogP contribution in [0.3, 0.4) is 0 Å². The molecule has 0 aliphatic rings. The van der Waals surface area contributed by atoms with E-state index in [0.29, 0.717) is 11.1 Å². The molecule has 0 radical (unpaired) electrons. The number of nitrogens with two attached hydrogens (primary N) is 1. The molecule has 0 saturated carbocycles. The maximum absolute atomic E-state index is 13.7. The fraction of sp³-hybridized carbons (Fsp3) is 0.200. The number of alkyl halides is 3. The van der Waals surface area contributed by atoms with E-state index in [1.807, 2.05) is 0 Å². The molecule has 6 heteroatoms. The lowest BCUT2D eigenvalue weighted by Crippen LogP contribution is -2.30. The molecule has 0 aromatic heterocycles. The highest BCUT2D eigenvalue weighted by molar-refractivity contribution is 5.28. The average molecular weight is 298 g/mol. The molecule has 2 nitrogen and oxygen atoms in total. The number of hydrazine groups is 1. The predicted octanol–water partition coefficient (Wildman–Crippen LogP) is 3.59. The van der Waals surface area contributed by atoms with E-state index in [2.05, 4.69) is 5.43 Å². The third-order valence-electron chi connectivity index (χ3n) is 3.20. The molecule has 21 heavy (non-hydrogen) atoms. The first kappa shape index (κ1) is 15.5. The summed E-state index contributed by atoms with van der Waals surface area (Å²) in [5.41, 5.74) is 2.79. The number of halogens is 4. The van der Waals surface area contributed by atoms with E-state index in [-0.39, 0.29) is 6.42 Å². The van der Waals surface area contributed by atoms with Crippen LogP contribution in [0.25, 0.3) is 0 Å². The maximum Gasteiger partial charge on any atom is 0.416 e. The second kappa shape index (κ2) is 6.24. The monoisotopic (exact) mass is 298 g/mol. The van der Waals surface area contributed by atoms with Crippen molar-refractivity contribution in [3.63, 3.8) is 0 Å². The SMILES string of the molecule is NNC(Cc1ccc(C(F)(F)F)cc1)c1ccccc1F. The molecule has 0 fully saturated rings. The van der Waals surface area contributed by atoms with Gasteiger partial charge in [-0.2, -0.15) is 13.2 Å². The zero-order valence-corrected chi connectivity index (χ0v) is 11.0. The lowest BCUT2D eigenvalue weighted by molar-refractivity contribution is -0.137. The van der Waals surface area contributed by atoms with Crippen molar-refractivity contribution in [3.8, 4) is 0 Å². The minimum absolute atomic E-state index is 0.287. The van der Waals surface area contributed by atoms with E-state index in [4.69, 9.17) is 5.84 Å². The van der Waals surface area contributed by atoms with Gasteiger partial charge in [0.25, 0.3) is 0 Å². The van der Waals surface area contributed by atoms with Gasteiger partial charge in [-0.15, -0.1) is 0 Å². The van der Waals surface area contributed by atoms with Crippen LogP contribution in [0.4, 0.5) is 17.6 Å². The van der Waals surface area contributed by atoms with Gasteiger partial charge in [-0.3, -0.25) is 11.3 Å². The molecule has 2 aromatic rings. The minimum atomic E-state index is -4.37. The molecule has 1 atom stereocenters. The topological polar surface area (TPSA) is 38.0 Å². The molecule has 3 N–H and O–H groups in total. The molecule has 0 spiro atoms. The summed E-state index contributed by atoms with van der Waals surface area (Å²) < 4.78 is 51.2. The van der Waals surface area contributed by atoms with Crippen molar-refractivity contribution in [2.75, 3.05) is 0 Å². The van der Waals surface area contributed by atoms with Gasteiger partial charge in [0.2, 0.25) is 0 Å². The number of hydrogen-bond donors (Lipinski definition) is 2. The summed E-state index contributed by atoms with van der Waals surface area (Å²) in [4.78, 5) is 0. The first-order valence-corrected chi connectivity index (χ1v) is 6.28. The summed E-state index contributed by atoms with van der Waals surface area (Å²) in [6.45, 7) is 0. The first-order chi connectivity index (χ1) is 9.91. The van der Waals surface area contributed by atoms with Crippen LogP contribution in [0.5, 0.6) is 0 Å². The Morgan fingerprint density at radius 1 is 1.00 bits per heavy atom. The van der Waals surface area contributed by atoms with Crippen LogP contribution in [0.15, 0.2) is 48.5 Å². The normalized spacial score (nSPS) is 13.2. The Balaban J connectivity index is 2.18. The Hall–Kier alpha value is -1.92. The highest BCUT2D eigenvalue weighted by atomic mass is 19.4. The lowest BCUT2D eigenvalue weighted by Gasteiger charge is -2.17. The van der Waals surface area contributed by atoms with Crippen LogP contribution >= 0.6 is 0 Å². The lowest BCUT2D eigenvalue weighted by atomic mass is 9.98. The number of benzene rings is 2. The summed E-state index contributed by atoms with van der Waals surface area (Å²) in [6.07, 6.45) is -4.08. The molecule has 112 valence electrons. The smallest absolute Gasteiger partial charge is 0.271 e. The number of rotatable bonds is 4. The van der Waals surface area contributed by atoms with Gasteiger partial charge >= 0.3 is 6.18 Å². The molecule has 0 aliphatic heterocycles. The third kappa shape index (κ3) is 3.80. The summed E-state index contributed by atoms with van der Waals surface area (Å²) in [5.74, 6) is 5.01. The quantitative estimate of drug-likeness (QED) is 0.514. The second-order valence-electron chi connectivity index (χ2n) is 4.64. The zero-order chi connectivity index (χ0) is 15.5. The van der Waals surface area contributed by atoms with E-state index in [9.17, 15) is 17.6 Å². The van der Waals surface area contributed by atoms with Gasteiger partial charge in [0.05, 0.1) is 11.6 Å². The molecule has 0 heterocycles. The summed E-state index contributed by atoms with van der Waals surface area (Å²) in [7, 11) is 0. The van der Waals surface area contributed by atoms with Crippen LogP contribution < -0.4 is 11.3 Å². The highest BCUT2D eigenvalue weighted by Crippen LogP contribution is 2.29. The summed E-state index contributed by atoms with van der Waals surface area (Å²) in [5, 5.41) is 0. The predicted molar refractivity (Wildman–Crippen MR) is 71.6 cm³/mol. The van der Waals surface area contributed by atoms with Crippen LogP contribution in [-0.4, -0.2) is 0 Å². The van der Waals surface area contributed by atoms with Gasteiger partial charge in [-0.1, -0.05) is 30.3 Å². The van der Waals surface area contributed by atoms with Crippen LogP contribution in [0.2, 0.25) is 0 Å². The second-order valence-corrected chi connectivity index (χ2v) is 4.64. The molecule has 0 bridgehead atoms. The van der Waals surface area contributed by atoms with Gasteiger partial charge in [0, 0.05) is 5.56 Å². The van der Waals surface area contributed by atoms with E-state index in [0.717, 1.165) is 12.1 Å². The van der Waals surface area contributed by atoms with Crippen molar-refractivity contribution in [2.45, 2.75) is 18.6 Å². The standard InChI is InChI=1S/C15H14F4N2/c16-13-4-2-1-3-12(13)14(21-20)9-10-5-7-11(8-6-10)15(17,18)19/h1-8,14,21H,9,20H2. The van der Waals surface area contributed by atoms with E-state index >= 15 is 0 Å². The molecule has 0 aliphatic carbocycles. The van der Waals surface area contributed by atoms with Gasteiger partial charge in [0.15, 0.2) is 0 Å². The molecule has 0 amide bonds. The van der Waals surface area contributed by atoms with Crippen molar-refractivity contribution in [1.82, 2.24) is 5.43 Å². The largest absolute Gasteiger partial charge is 0.416 e. The molecule has 0 saturated heterocycles. The van der Waals surface area contributed by atoms with E-state index in [1.54, 1.807) is 18.2 Å². The third-order valence-corrected chi connectivity index (χ3v) is 3.20. The average Bonchev–Trinajstić information content (AvgIpc) is 2.45. The Labute approximate surface area is 119 Å². The molecular weight excluding hydrogens is 284 g/mol. The summed E-state index contributed by atoms with van der Waals surface area (Å²) >= 11 is 0. The van der Waals surface area contributed by atoms with Crippen molar-refractivity contribution >= 4 is 0 Å². The van der Waals surface area contributed by atoms with Crippen molar-refractivity contribution in [2.24, 2.45) is 5.84 Å². The van der Waals surface area contributed by atoms with Crippen molar-refractivity contribution < 1.29 is 17.6 Å². The van der Waals surface area contributed by atoms with Gasteiger partial charge in [-0.25, -0.2) is 4.39 Å². The van der Waals surface area contributed by atoms with Gasteiger partial charge < -0.3 is 0 Å². The van der Waals surface area contributed by atoms with Gasteiger partial charge in [-0.05, 0) is 30.2 Å². The van der Waals surface area contributed by atoms with Crippen LogP contribution in [0.1, 0.15) is 22.7 Å². The Morgan fingerprint density at radius 2 is 1.62 bits per heavy atom. The van der Waals surface area contributed by atoms with Crippen molar-refractivity contribution in [1.29, 1.82) is 0 Å². The van der Waals surface area contributed by atoms with Crippen molar-refractivity contribution in [3.05, 3.63) is 71.0 Å². The Kier molecular flexibility index (Phi) is 4.59. The van der Waals surface area contributed by atoms with E-state index in [1.165, 1.54) is 18.2 Å². The molecular formula is C15H14F4N2. The minimum Gasteiger partial charge on any atom is -0.271 e. The maximum atomic E-state index is 13.7. The highest BCUT2D eigenvalue weighted by Gasteiger charge is 2.30. The number of nitrogens with one attached hydrogen (secondary N) is 1. The molecule has 2 rings (SSSR count). The van der Waals surface area contributed by atoms with Gasteiger partial charge in [0.1, 0.15) is 5.82 Å². The molecule has 2 aromatic carbocycles. The molecule has 1 unspecified atom stereocenters. The first-order valence-electron chi connectivity index (χ1n) is 6.28. The Morgan fingerprint density at radius 3 is 2.14 bits per heavy atom. The Bertz CT molecular complexity index is 593. The fourth-order valence-corrected chi connectivity index (χ4v) is 2.08. The summed E-state index contributed by atoms with van der Waals surface area (Å²) in [6, 6.07) is 10.4. The van der Waals surface area contributed by atoms with E-state index < -0.39 is 23.6 Å². The van der Waals surface area contributed by atoms with Crippen LogP contribution in [0, 0.1) is 5.82 Å². The zero-order valence-electron chi connectivity index (χ0n) is 11.0.